The van der Waals surface area contributed by atoms with Gasteiger partial charge in [-0.05, 0) is 81.3 Å². The second-order valence-corrected chi connectivity index (χ2v) is 12.5. The Morgan fingerprint density at radius 2 is 1.61 bits per heavy atom. The summed E-state index contributed by atoms with van der Waals surface area (Å²) >= 11 is 1.88. The minimum Gasteiger partial charge on any atom is -0.484 e. The molecule has 0 radical (unpaired) electrons. The lowest BCUT2D eigenvalue weighted by Gasteiger charge is -2.57. The Labute approximate surface area is 200 Å². The third kappa shape index (κ3) is 4.11. The normalized spacial score (nSPS) is 34.0. The molecule has 7 heteroatoms. The first-order valence-electron chi connectivity index (χ1n) is 12.7. The van der Waals surface area contributed by atoms with E-state index in [2.05, 4.69) is 5.32 Å². The zero-order chi connectivity index (χ0) is 22.5. The smallest absolute Gasteiger partial charge is 0.317 e. The Hall–Kier alpha value is -1.89. The molecule has 1 N–H and O–H groups in total. The van der Waals surface area contributed by atoms with Crippen LogP contribution in [0.1, 0.15) is 51.4 Å². The number of rotatable bonds is 4. The number of amides is 3. The highest BCUT2D eigenvalue weighted by molar-refractivity contribution is 8.00. The molecule has 1 aromatic carbocycles. The zero-order valence-electron chi connectivity index (χ0n) is 19.3. The molecule has 4 bridgehead atoms. The number of carbonyl (C=O) groups excluding carboxylic acids is 2. The Morgan fingerprint density at radius 1 is 0.970 bits per heavy atom. The van der Waals surface area contributed by atoms with E-state index in [1.54, 1.807) is 0 Å². The number of nitrogens with zero attached hydrogens (tertiary/aromatic N) is 2. The largest absolute Gasteiger partial charge is 0.484 e. The lowest BCUT2D eigenvalue weighted by Crippen LogP contribution is -2.63. The van der Waals surface area contributed by atoms with Gasteiger partial charge >= 0.3 is 6.03 Å². The zero-order valence-corrected chi connectivity index (χ0v) is 20.2. The number of thioether (sulfide) groups is 1. The average molecular weight is 470 g/mol. The minimum absolute atomic E-state index is 0.0512. The van der Waals surface area contributed by atoms with Crippen LogP contribution < -0.4 is 10.1 Å². The van der Waals surface area contributed by atoms with Crippen LogP contribution in [0.4, 0.5) is 4.79 Å². The molecule has 3 amide bonds. The van der Waals surface area contributed by atoms with Crippen molar-refractivity contribution in [1.82, 2.24) is 15.1 Å². The van der Waals surface area contributed by atoms with Gasteiger partial charge in [0.15, 0.2) is 6.61 Å². The number of benzene rings is 1. The van der Waals surface area contributed by atoms with E-state index in [1.807, 2.05) is 51.9 Å². The molecule has 2 aliphatic heterocycles. The van der Waals surface area contributed by atoms with E-state index in [9.17, 15) is 9.59 Å². The van der Waals surface area contributed by atoms with Crippen molar-refractivity contribution in [3.63, 3.8) is 0 Å². The maximum Gasteiger partial charge on any atom is 0.317 e. The third-order valence-corrected chi connectivity index (χ3v) is 10.4. The monoisotopic (exact) mass is 469 g/mol. The van der Waals surface area contributed by atoms with Crippen LogP contribution in [-0.2, 0) is 4.79 Å². The third-order valence-electron chi connectivity index (χ3n) is 8.83. The van der Waals surface area contributed by atoms with E-state index in [4.69, 9.17) is 4.74 Å². The van der Waals surface area contributed by atoms with Crippen molar-refractivity contribution >= 4 is 23.7 Å². The summed E-state index contributed by atoms with van der Waals surface area (Å²) < 4.78 is 5.73. The van der Waals surface area contributed by atoms with Gasteiger partial charge < -0.3 is 19.9 Å². The predicted molar refractivity (Wildman–Crippen MR) is 129 cm³/mol. The number of piperidine rings is 1. The van der Waals surface area contributed by atoms with Crippen molar-refractivity contribution < 1.29 is 14.3 Å². The molecule has 0 unspecified atom stereocenters. The van der Waals surface area contributed by atoms with Crippen LogP contribution in [0.3, 0.4) is 0 Å². The average Bonchev–Trinajstić information content (AvgIpc) is 3.20. The highest BCUT2D eigenvalue weighted by atomic mass is 32.2. The molecule has 4 aliphatic carbocycles. The van der Waals surface area contributed by atoms with E-state index in [-0.39, 0.29) is 29.0 Å². The Bertz CT molecular complexity index is 864. The van der Waals surface area contributed by atoms with Crippen LogP contribution >= 0.6 is 11.8 Å². The fourth-order valence-electron chi connectivity index (χ4n) is 7.74. The molecule has 178 valence electrons. The number of urea groups is 1. The van der Waals surface area contributed by atoms with Gasteiger partial charge in [-0.3, -0.25) is 4.79 Å². The first-order valence-corrected chi connectivity index (χ1v) is 13.7. The summed E-state index contributed by atoms with van der Waals surface area (Å²) in [6, 6.07) is 9.65. The molecule has 2 heterocycles. The van der Waals surface area contributed by atoms with E-state index >= 15 is 0 Å². The van der Waals surface area contributed by atoms with Crippen molar-refractivity contribution in [3.05, 3.63) is 30.3 Å². The van der Waals surface area contributed by atoms with Gasteiger partial charge in [-0.2, -0.15) is 0 Å². The van der Waals surface area contributed by atoms with E-state index in [1.165, 1.54) is 38.5 Å². The fourth-order valence-corrected chi connectivity index (χ4v) is 9.22. The number of hydrogen-bond acceptors (Lipinski definition) is 4. The minimum atomic E-state index is -0.186. The van der Waals surface area contributed by atoms with Crippen molar-refractivity contribution in [2.24, 2.45) is 17.8 Å². The van der Waals surface area contributed by atoms with Gasteiger partial charge in [0, 0.05) is 30.9 Å². The maximum atomic E-state index is 13.3. The molecule has 1 aromatic rings. The van der Waals surface area contributed by atoms with E-state index in [0.29, 0.717) is 13.1 Å². The number of para-hydroxylation sites is 1. The van der Waals surface area contributed by atoms with Gasteiger partial charge in [-0.15, -0.1) is 11.8 Å². The summed E-state index contributed by atoms with van der Waals surface area (Å²) in [4.78, 5) is 30.1. The van der Waals surface area contributed by atoms with E-state index < -0.39 is 0 Å². The van der Waals surface area contributed by atoms with E-state index in [0.717, 1.165) is 48.6 Å². The van der Waals surface area contributed by atoms with Gasteiger partial charge in [0.2, 0.25) is 0 Å². The topological polar surface area (TPSA) is 61.9 Å². The highest BCUT2D eigenvalue weighted by Gasteiger charge is 2.52. The van der Waals surface area contributed by atoms with Crippen LogP contribution in [0.2, 0.25) is 0 Å². The van der Waals surface area contributed by atoms with Crippen LogP contribution in [-0.4, -0.2) is 64.1 Å². The van der Waals surface area contributed by atoms with Gasteiger partial charge in [0.05, 0.1) is 4.87 Å². The molecule has 0 aromatic heterocycles. The number of likely N-dealkylation sites (tertiary alicyclic amines) is 1. The van der Waals surface area contributed by atoms with Gasteiger partial charge in [0.25, 0.3) is 5.91 Å². The molecule has 4 saturated carbocycles. The first kappa shape index (κ1) is 21.6. The molecule has 6 aliphatic rings. The first-order chi connectivity index (χ1) is 16.0. The SMILES string of the molecule is O=C(NC12CC3CC(CC(C3)C1)C2)N1CCC2(CC1)SCCN2C(=O)COc1ccccc1. The maximum absolute atomic E-state index is 13.3. The number of carbonyl (C=O) groups is 2. The molecule has 6 nitrogen and oxygen atoms in total. The molecule has 7 rings (SSSR count). The summed E-state index contributed by atoms with van der Waals surface area (Å²) in [6.45, 7) is 2.27. The molecule has 6 fully saturated rings. The second kappa shape index (κ2) is 8.40. The predicted octanol–water partition coefficient (Wildman–Crippen LogP) is 4.11. The van der Waals surface area contributed by atoms with Crippen LogP contribution in [0.15, 0.2) is 30.3 Å². The summed E-state index contributed by atoms with van der Waals surface area (Å²) in [5, 5.41) is 3.53. The lowest BCUT2D eigenvalue weighted by atomic mass is 9.53. The molecular weight excluding hydrogens is 434 g/mol. The number of nitrogens with one attached hydrogen (secondary N) is 1. The van der Waals surface area contributed by atoms with Crippen molar-refractivity contribution in [2.45, 2.75) is 61.8 Å². The molecule has 1 spiro atoms. The quantitative estimate of drug-likeness (QED) is 0.721. The Morgan fingerprint density at radius 3 is 2.24 bits per heavy atom. The second-order valence-electron chi connectivity index (χ2n) is 11.1. The summed E-state index contributed by atoms with van der Waals surface area (Å²) in [5.41, 5.74) is 0.0554. The van der Waals surface area contributed by atoms with Gasteiger partial charge in [-0.1, -0.05) is 18.2 Å². The van der Waals surface area contributed by atoms with Gasteiger partial charge in [-0.25, -0.2) is 4.79 Å². The summed E-state index contributed by atoms with van der Waals surface area (Å²) in [6.07, 6.45) is 9.38. The highest BCUT2D eigenvalue weighted by Crippen LogP contribution is 2.55. The standard InChI is InChI=1S/C26H35N3O3S/c30-23(18-32-22-4-2-1-3-5-22)29-10-11-33-26(29)6-8-28(9-7-26)24(31)27-25-15-19-12-20(16-25)14-21(13-19)17-25/h1-5,19-21H,6-18H2,(H,27,31). The van der Waals surface area contributed by atoms with Gasteiger partial charge in [0.1, 0.15) is 5.75 Å². The lowest BCUT2D eigenvalue weighted by molar-refractivity contribution is -0.136. The number of ether oxygens (including phenoxy) is 1. The van der Waals surface area contributed by atoms with Crippen LogP contribution in [0.25, 0.3) is 0 Å². The summed E-state index contributed by atoms with van der Waals surface area (Å²) in [5.74, 6) is 4.21. The molecule has 33 heavy (non-hydrogen) atoms. The Kier molecular flexibility index (Phi) is 5.51. The fraction of sp³-hybridized carbons (Fsp3) is 0.692. The Balaban J connectivity index is 1.05. The molecular formula is C26H35N3O3S. The van der Waals surface area contributed by atoms with Crippen LogP contribution in [0.5, 0.6) is 5.75 Å². The molecule has 2 saturated heterocycles. The van der Waals surface area contributed by atoms with Crippen molar-refractivity contribution in [1.29, 1.82) is 0 Å². The van der Waals surface area contributed by atoms with Crippen molar-refractivity contribution in [2.75, 3.05) is 32.0 Å². The summed E-state index contributed by atoms with van der Waals surface area (Å²) in [7, 11) is 0. The molecule has 0 atom stereocenters. The van der Waals surface area contributed by atoms with Crippen molar-refractivity contribution in [3.8, 4) is 5.75 Å². The number of hydrogen-bond donors (Lipinski definition) is 1. The van der Waals surface area contributed by atoms with Crippen LogP contribution in [0, 0.1) is 17.8 Å².